The lowest BCUT2D eigenvalue weighted by Gasteiger charge is -2.14. The number of nitrogens with one attached hydrogen (secondary N) is 2. The molecule has 1 aliphatic carbocycles. The Morgan fingerprint density at radius 2 is 2.06 bits per heavy atom. The molecule has 0 saturated heterocycles. The Kier molecular flexibility index (Phi) is 4.78. The minimum atomic E-state index is 0.160. The van der Waals surface area contributed by atoms with Crippen LogP contribution in [-0.2, 0) is 4.79 Å². The molecule has 2 rings (SSSR count). The molecule has 1 fully saturated rings. The van der Waals surface area contributed by atoms with Crippen molar-refractivity contribution in [2.75, 3.05) is 6.54 Å². The van der Waals surface area contributed by atoms with E-state index in [2.05, 4.69) is 45.6 Å². The van der Waals surface area contributed by atoms with Crippen molar-refractivity contribution in [3.63, 3.8) is 0 Å². The zero-order valence-electron chi connectivity index (χ0n) is 10.6. The molecule has 4 heteroatoms. The van der Waals surface area contributed by atoms with E-state index in [9.17, 15) is 4.79 Å². The van der Waals surface area contributed by atoms with E-state index >= 15 is 0 Å². The van der Waals surface area contributed by atoms with Gasteiger partial charge in [0.25, 0.3) is 0 Å². The van der Waals surface area contributed by atoms with Crippen molar-refractivity contribution in [2.24, 2.45) is 0 Å². The predicted molar refractivity (Wildman–Crippen MR) is 76.3 cm³/mol. The maximum absolute atomic E-state index is 11.5. The molecule has 98 valence electrons. The van der Waals surface area contributed by atoms with Crippen LogP contribution in [0.15, 0.2) is 28.7 Å². The van der Waals surface area contributed by atoms with Crippen LogP contribution in [0.25, 0.3) is 0 Å². The van der Waals surface area contributed by atoms with Crippen molar-refractivity contribution >= 4 is 21.8 Å². The Hall–Kier alpha value is -0.870. The quantitative estimate of drug-likeness (QED) is 0.848. The van der Waals surface area contributed by atoms with E-state index in [1.807, 2.05) is 12.1 Å². The Morgan fingerprint density at radius 1 is 1.39 bits per heavy atom. The van der Waals surface area contributed by atoms with Crippen molar-refractivity contribution < 1.29 is 4.79 Å². The molecule has 1 aromatic carbocycles. The van der Waals surface area contributed by atoms with Gasteiger partial charge in [-0.25, -0.2) is 0 Å². The van der Waals surface area contributed by atoms with Gasteiger partial charge in [0.1, 0.15) is 0 Å². The van der Waals surface area contributed by atoms with Gasteiger partial charge in [0.05, 0.1) is 0 Å². The second kappa shape index (κ2) is 6.34. The van der Waals surface area contributed by atoms with E-state index < -0.39 is 0 Å². The Balaban J connectivity index is 1.68. The number of amides is 1. The fraction of sp³-hybridized carbons (Fsp3) is 0.500. The average molecular weight is 311 g/mol. The van der Waals surface area contributed by atoms with Crippen LogP contribution in [0.2, 0.25) is 0 Å². The molecule has 0 unspecified atom stereocenters. The molecule has 0 spiro atoms. The monoisotopic (exact) mass is 310 g/mol. The first-order valence-corrected chi connectivity index (χ1v) is 7.22. The van der Waals surface area contributed by atoms with Crippen molar-refractivity contribution in [2.45, 2.75) is 38.3 Å². The number of hydrogen-bond acceptors (Lipinski definition) is 2. The van der Waals surface area contributed by atoms with Gasteiger partial charge < -0.3 is 10.6 Å². The van der Waals surface area contributed by atoms with Gasteiger partial charge in [-0.05, 0) is 37.5 Å². The summed E-state index contributed by atoms with van der Waals surface area (Å²) in [6, 6.07) is 8.98. The van der Waals surface area contributed by atoms with Crippen LogP contribution in [0, 0.1) is 0 Å². The van der Waals surface area contributed by atoms with Gasteiger partial charge in [0, 0.05) is 29.5 Å². The number of carbonyl (C=O) groups excluding carboxylic acids is 1. The minimum absolute atomic E-state index is 0.160. The van der Waals surface area contributed by atoms with Gasteiger partial charge in [-0.3, -0.25) is 4.79 Å². The molecule has 0 radical (unpaired) electrons. The topological polar surface area (TPSA) is 41.1 Å². The van der Waals surface area contributed by atoms with Crippen LogP contribution in [-0.4, -0.2) is 18.5 Å². The highest BCUT2D eigenvalue weighted by Crippen LogP contribution is 2.19. The van der Waals surface area contributed by atoms with Gasteiger partial charge in [0.15, 0.2) is 0 Å². The molecule has 0 bridgehead atoms. The third-order valence-corrected chi connectivity index (χ3v) is 3.64. The molecule has 0 heterocycles. The van der Waals surface area contributed by atoms with Crippen LogP contribution in [0.4, 0.5) is 0 Å². The molecule has 0 aliphatic heterocycles. The molecule has 0 aromatic heterocycles. The lowest BCUT2D eigenvalue weighted by molar-refractivity contribution is -0.121. The molecular formula is C14H19BrN2O. The van der Waals surface area contributed by atoms with Gasteiger partial charge in [-0.2, -0.15) is 0 Å². The summed E-state index contributed by atoms with van der Waals surface area (Å²) < 4.78 is 1.09. The molecule has 1 aliphatic rings. The summed E-state index contributed by atoms with van der Waals surface area (Å²) in [7, 11) is 0. The van der Waals surface area contributed by atoms with Gasteiger partial charge in [-0.15, -0.1) is 0 Å². The van der Waals surface area contributed by atoms with E-state index in [0.29, 0.717) is 12.5 Å². The maximum Gasteiger partial charge on any atom is 0.221 e. The SMILES string of the molecule is C[C@@H](NCCC(=O)NC1CC1)c1ccc(Br)cc1. The molecule has 1 atom stereocenters. The van der Waals surface area contributed by atoms with Crippen molar-refractivity contribution in [3.8, 4) is 0 Å². The van der Waals surface area contributed by atoms with Crippen LogP contribution in [0.3, 0.4) is 0 Å². The largest absolute Gasteiger partial charge is 0.353 e. The van der Waals surface area contributed by atoms with Gasteiger partial charge in [-0.1, -0.05) is 28.1 Å². The summed E-state index contributed by atoms with van der Waals surface area (Å²) in [5.41, 5.74) is 1.24. The number of benzene rings is 1. The first-order valence-electron chi connectivity index (χ1n) is 6.43. The highest BCUT2D eigenvalue weighted by Gasteiger charge is 2.22. The minimum Gasteiger partial charge on any atom is -0.353 e. The molecule has 2 N–H and O–H groups in total. The standard InChI is InChI=1S/C14H19BrN2O/c1-10(11-2-4-12(15)5-3-11)16-9-8-14(18)17-13-6-7-13/h2-5,10,13,16H,6-9H2,1H3,(H,17,18)/t10-/m1/s1. The van der Waals surface area contributed by atoms with Crippen molar-refractivity contribution in [1.82, 2.24) is 10.6 Å². The summed E-state index contributed by atoms with van der Waals surface area (Å²) >= 11 is 3.42. The van der Waals surface area contributed by atoms with Crippen LogP contribution in [0.1, 0.15) is 37.8 Å². The van der Waals surface area contributed by atoms with Crippen LogP contribution < -0.4 is 10.6 Å². The fourth-order valence-electron chi connectivity index (χ4n) is 1.80. The van der Waals surface area contributed by atoms with E-state index in [1.54, 1.807) is 0 Å². The zero-order valence-corrected chi connectivity index (χ0v) is 12.2. The summed E-state index contributed by atoms with van der Waals surface area (Å²) in [4.78, 5) is 11.5. The summed E-state index contributed by atoms with van der Waals surface area (Å²) in [5.74, 6) is 0.160. The summed E-state index contributed by atoms with van der Waals surface area (Å²) in [5, 5.41) is 6.36. The zero-order chi connectivity index (χ0) is 13.0. The predicted octanol–water partition coefficient (Wildman–Crippen LogP) is 2.77. The average Bonchev–Trinajstić information content (AvgIpc) is 3.13. The highest BCUT2D eigenvalue weighted by molar-refractivity contribution is 9.10. The van der Waals surface area contributed by atoms with Gasteiger partial charge >= 0.3 is 0 Å². The lowest BCUT2D eigenvalue weighted by atomic mass is 10.1. The molecule has 3 nitrogen and oxygen atoms in total. The fourth-order valence-corrected chi connectivity index (χ4v) is 2.06. The molecular weight excluding hydrogens is 292 g/mol. The summed E-state index contributed by atoms with van der Waals surface area (Å²) in [6.07, 6.45) is 2.85. The molecule has 1 amide bonds. The van der Waals surface area contributed by atoms with E-state index in [4.69, 9.17) is 0 Å². The number of halogens is 1. The van der Waals surface area contributed by atoms with Crippen molar-refractivity contribution in [3.05, 3.63) is 34.3 Å². The highest BCUT2D eigenvalue weighted by atomic mass is 79.9. The second-order valence-electron chi connectivity index (χ2n) is 4.82. The van der Waals surface area contributed by atoms with Crippen molar-refractivity contribution in [1.29, 1.82) is 0 Å². The first-order chi connectivity index (χ1) is 8.65. The van der Waals surface area contributed by atoms with Crippen LogP contribution in [0.5, 0.6) is 0 Å². The first kappa shape index (κ1) is 13.6. The Bertz CT molecular complexity index is 401. The second-order valence-corrected chi connectivity index (χ2v) is 5.73. The van der Waals surface area contributed by atoms with E-state index in [-0.39, 0.29) is 11.9 Å². The normalized spacial score (nSPS) is 16.3. The molecule has 18 heavy (non-hydrogen) atoms. The Labute approximate surface area is 116 Å². The van der Waals surface area contributed by atoms with E-state index in [0.717, 1.165) is 23.9 Å². The molecule has 1 aromatic rings. The smallest absolute Gasteiger partial charge is 0.221 e. The number of carbonyl (C=O) groups is 1. The number of rotatable bonds is 6. The third kappa shape index (κ3) is 4.42. The van der Waals surface area contributed by atoms with Gasteiger partial charge in [0.2, 0.25) is 5.91 Å². The maximum atomic E-state index is 11.5. The lowest BCUT2D eigenvalue weighted by Crippen LogP contribution is -2.30. The Morgan fingerprint density at radius 3 is 2.67 bits per heavy atom. The molecule has 1 saturated carbocycles. The van der Waals surface area contributed by atoms with E-state index in [1.165, 1.54) is 5.56 Å². The van der Waals surface area contributed by atoms with Crippen LogP contribution >= 0.6 is 15.9 Å². The summed E-state index contributed by atoms with van der Waals surface area (Å²) in [6.45, 7) is 2.83. The third-order valence-electron chi connectivity index (χ3n) is 3.12. The number of hydrogen-bond donors (Lipinski definition) is 2.